The normalized spacial score (nSPS) is 16.5. The zero-order valence-electron chi connectivity index (χ0n) is 16.3. The maximum atomic E-state index is 12.5. The van der Waals surface area contributed by atoms with Crippen LogP contribution in [0.4, 0.5) is 8.78 Å². The number of aryl methyl sites for hydroxylation is 1. The summed E-state index contributed by atoms with van der Waals surface area (Å²) in [7, 11) is 1.71. The summed E-state index contributed by atoms with van der Waals surface area (Å²) in [6.07, 6.45) is 0.994. The molecule has 1 aromatic heterocycles. The quantitative estimate of drug-likeness (QED) is 0.585. The lowest BCUT2D eigenvalue weighted by atomic mass is 10.1. The van der Waals surface area contributed by atoms with Crippen LogP contribution in [0.15, 0.2) is 39.9 Å². The Morgan fingerprint density at radius 1 is 1.29 bits per heavy atom. The second-order valence-corrected chi connectivity index (χ2v) is 7.05. The zero-order valence-corrected chi connectivity index (χ0v) is 16.3. The second-order valence-electron chi connectivity index (χ2n) is 7.05. The summed E-state index contributed by atoms with van der Waals surface area (Å²) in [5, 5.41) is 6.59. The first-order valence-electron chi connectivity index (χ1n) is 9.52. The molecule has 1 fully saturated rings. The molecule has 0 amide bonds. The summed E-state index contributed by atoms with van der Waals surface area (Å²) in [4.78, 5) is 10.6. The molecule has 152 valence electrons. The van der Waals surface area contributed by atoms with Crippen LogP contribution in [0, 0.1) is 6.92 Å². The van der Waals surface area contributed by atoms with Crippen molar-refractivity contribution in [1.82, 2.24) is 20.5 Å². The van der Waals surface area contributed by atoms with Gasteiger partial charge < -0.3 is 15.1 Å². The minimum absolute atomic E-state index is 0.144. The number of nitrogens with one attached hydrogen (secondary N) is 2. The Morgan fingerprint density at radius 2 is 2.00 bits per heavy atom. The molecule has 0 aliphatic carbocycles. The van der Waals surface area contributed by atoms with Crippen LogP contribution in [-0.2, 0) is 6.54 Å². The number of likely N-dealkylation sites (tertiary alicyclic amines) is 1. The van der Waals surface area contributed by atoms with Crippen molar-refractivity contribution in [2.45, 2.75) is 38.8 Å². The van der Waals surface area contributed by atoms with E-state index in [1.807, 2.05) is 31.2 Å². The van der Waals surface area contributed by atoms with E-state index in [4.69, 9.17) is 4.42 Å². The van der Waals surface area contributed by atoms with E-state index in [1.165, 1.54) is 5.56 Å². The van der Waals surface area contributed by atoms with Crippen molar-refractivity contribution in [2.24, 2.45) is 4.99 Å². The molecule has 6 nitrogen and oxygen atoms in total. The first kappa shape index (κ1) is 20.3. The van der Waals surface area contributed by atoms with Gasteiger partial charge >= 0.3 is 0 Å². The number of aromatic nitrogens is 1. The highest BCUT2D eigenvalue weighted by molar-refractivity contribution is 5.79. The van der Waals surface area contributed by atoms with E-state index in [-0.39, 0.29) is 12.6 Å². The third kappa shape index (κ3) is 5.76. The number of guanidine groups is 1. The number of nitrogens with zero attached hydrogens (tertiary/aromatic N) is 3. The Kier molecular flexibility index (Phi) is 6.97. The molecule has 2 N–H and O–H groups in total. The molecule has 0 radical (unpaired) electrons. The average molecular weight is 391 g/mol. The third-order valence-electron chi connectivity index (χ3n) is 4.84. The molecule has 1 aromatic carbocycles. The minimum Gasteiger partial charge on any atom is -0.444 e. The fourth-order valence-corrected chi connectivity index (χ4v) is 3.23. The Labute approximate surface area is 164 Å². The van der Waals surface area contributed by atoms with E-state index in [0.29, 0.717) is 31.5 Å². The van der Waals surface area contributed by atoms with Crippen LogP contribution in [0.2, 0.25) is 0 Å². The molecule has 1 aliphatic rings. The summed E-state index contributed by atoms with van der Waals surface area (Å²) < 4.78 is 30.5. The van der Waals surface area contributed by atoms with Crippen molar-refractivity contribution in [2.75, 3.05) is 26.7 Å². The van der Waals surface area contributed by atoms with E-state index in [2.05, 4.69) is 20.6 Å². The zero-order chi connectivity index (χ0) is 19.9. The lowest BCUT2D eigenvalue weighted by Crippen LogP contribution is -2.49. The summed E-state index contributed by atoms with van der Waals surface area (Å²) >= 11 is 0. The lowest BCUT2D eigenvalue weighted by Gasteiger charge is -2.32. The summed E-state index contributed by atoms with van der Waals surface area (Å²) in [5.41, 5.74) is 2.91. The highest BCUT2D eigenvalue weighted by Crippen LogP contribution is 2.19. The molecule has 1 aliphatic heterocycles. The molecule has 0 saturated carbocycles. The van der Waals surface area contributed by atoms with Gasteiger partial charge in [-0.1, -0.05) is 17.7 Å². The Bertz CT molecular complexity index is 767. The number of hydrogen-bond acceptors (Lipinski definition) is 4. The molecule has 1 saturated heterocycles. The number of hydrogen-bond donors (Lipinski definition) is 2. The number of aliphatic imine (C=N–C) groups is 1. The van der Waals surface area contributed by atoms with Gasteiger partial charge in [0.25, 0.3) is 6.43 Å². The third-order valence-corrected chi connectivity index (χ3v) is 4.84. The van der Waals surface area contributed by atoms with Crippen LogP contribution in [-0.4, -0.2) is 55.0 Å². The van der Waals surface area contributed by atoms with E-state index < -0.39 is 6.43 Å². The largest absolute Gasteiger partial charge is 0.444 e. The minimum atomic E-state index is -2.27. The summed E-state index contributed by atoms with van der Waals surface area (Å²) in [6.45, 7) is 3.72. The molecule has 2 heterocycles. The maximum Gasteiger partial charge on any atom is 0.251 e. The maximum absolute atomic E-state index is 12.5. The highest BCUT2D eigenvalue weighted by atomic mass is 19.3. The molecule has 0 atom stereocenters. The number of alkyl halides is 2. The van der Waals surface area contributed by atoms with E-state index in [1.54, 1.807) is 18.2 Å². The average Bonchev–Trinajstić information content (AvgIpc) is 3.15. The van der Waals surface area contributed by atoms with Gasteiger partial charge in [0.1, 0.15) is 6.26 Å². The summed E-state index contributed by atoms with van der Waals surface area (Å²) in [5.74, 6) is 1.26. The van der Waals surface area contributed by atoms with Gasteiger partial charge in [0, 0.05) is 31.7 Å². The molecule has 0 unspecified atom stereocenters. The Balaban J connectivity index is 1.47. The van der Waals surface area contributed by atoms with Crippen LogP contribution in [0.5, 0.6) is 0 Å². The van der Waals surface area contributed by atoms with Crippen LogP contribution in [0.1, 0.15) is 24.1 Å². The molecule has 0 bridgehead atoms. The standard InChI is InChI=1S/C20H27F2N5O/c1-14-3-5-15(6-4-14)19-25-17(13-28-19)11-24-20(23-2)26-16-7-9-27(10-8-16)12-18(21)22/h3-6,13,16,18H,7-12H2,1-2H3,(H2,23,24,26). The molecular formula is C20H27F2N5O. The monoisotopic (exact) mass is 391 g/mol. The van der Waals surface area contributed by atoms with Crippen molar-refractivity contribution in [3.63, 3.8) is 0 Å². The molecule has 8 heteroatoms. The van der Waals surface area contributed by atoms with Gasteiger partial charge in [-0.25, -0.2) is 13.8 Å². The van der Waals surface area contributed by atoms with Crippen LogP contribution in [0.25, 0.3) is 11.5 Å². The molecule has 2 aromatic rings. The van der Waals surface area contributed by atoms with Gasteiger partial charge in [-0.3, -0.25) is 9.89 Å². The van der Waals surface area contributed by atoms with Crippen molar-refractivity contribution in [1.29, 1.82) is 0 Å². The molecule has 0 spiro atoms. The van der Waals surface area contributed by atoms with E-state index >= 15 is 0 Å². The topological polar surface area (TPSA) is 65.7 Å². The van der Waals surface area contributed by atoms with Gasteiger partial charge in [-0.05, 0) is 31.9 Å². The van der Waals surface area contributed by atoms with Crippen molar-refractivity contribution in [3.8, 4) is 11.5 Å². The van der Waals surface area contributed by atoms with Crippen LogP contribution < -0.4 is 10.6 Å². The number of piperidine rings is 1. The smallest absolute Gasteiger partial charge is 0.251 e. The number of oxazole rings is 1. The van der Waals surface area contributed by atoms with Gasteiger partial charge in [0.15, 0.2) is 5.96 Å². The van der Waals surface area contributed by atoms with Crippen LogP contribution in [0.3, 0.4) is 0 Å². The number of rotatable bonds is 6. The molecule has 28 heavy (non-hydrogen) atoms. The van der Waals surface area contributed by atoms with Gasteiger partial charge in [-0.2, -0.15) is 0 Å². The van der Waals surface area contributed by atoms with Crippen LogP contribution >= 0.6 is 0 Å². The predicted octanol–water partition coefficient (Wildman–Crippen LogP) is 3.04. The number of benzene rings is 1. The van der Waals surface area contributed by atoms with Crippen molar-refractivity contribution >= 4 is 5.96 Å². The van der Waals surface area contributed by atoms with E-state index in [9.17, 15) is 8.78 Å². The first-order valence-corrected chi connectivity index (χ1v) is 9.52. The Morgan fingerprint density at radius 3 is 2.64 bits per heavy atom. The Hall–Kier alpha value is -2.48. The molecule has 3 rings (SSSR count). The number of halogens is 2. The second kappa shape index (κ2) is 9.64. The highest BCUT2D eigenvalue weighted by Gasteiger charge is 2.22. The summed E-state index contributed by atoms with van der Waals surface area (Å²) in [6, 6.07) is 8.24. The fraction of sp³-hybridized carbons (Fsp3) is 0.500. The first-order chi connectivity index (χ1) is 13.5. The fourth-order valence-electron chi connectivity index (χ4n) is 3.23. The predicted molar refractivity (Wildman–Crippen MR) is 105 cm³/mol. The van der Waals surface area contributed by atoms with Gasteiger partial charge in [0.05, 0.1) is 18.8 Å². The SMILES string of the molecule is CN=C(NCc1coc(-c2ccc(C)cc2)n1)NC1CCN(CC(F)F)CC1. The van der Waals surface area contributed by atoms with Gasteiger partial charge in [0.2, 0.25) is 5.89 Å². The van der Waals surface area contributed by atoms with Crippen molar-refractivity contribution in [3.05, 3.63) is 41.8 Å². The lowest BCUT2D eigenvalue weighted by molar-refractivity contribution is 0.0744. The van der Waals surface area contributed by atoms with Gasteiger partial charge in [-0.15, -0.1) is 0 Å². The van der Waals surface area contributed by atoms with Crippen molar-refractivity contribution < 1.29 is 13.2 Å². The van der Waals surface area contributed by atoms with E-state index in [0.717, 1.165) is 24.1 Å². The molecular weight excluding hydrogens is 364 g/mol.